The summed E-state index contributed by atoms with van der Waals surface area (Å²) in [5.41, 5.74) is 3.65. The number of carbonyl (C=O) groups is 3. The summed E-state index contributed by atoms with van der Waals surface area (Å²) in [5.74, 6) is -0.252. The average molecular weight is 420 g/mol. The molecular formula is C25H29N3O3. The van der Waals surface area contributed by atoms with Crippen LogP contribution in [0.4, 0.5) is 11.4 Å². The van der Waals surface area contributed by atoms with Crippen LogP contribution in [0.3, 0.4) is 0 Å². The van der Waals surface area contributed by atoms with E-state index in [1.165, 1.54) is 12.5 Å². The number of Topliss-reactive ketones (excluding diaryl/α,β-unsaturated/α-hetero) is 1. The topological polar surface area (TPSA) is 87.3 Å². The largest absolute Gasteiger partial charge is 0.325 e. The number of rotatable bonds is 4. The summed E-state index contributed by atoms with van der Waals surface area (Å²) in [6.07, 6.45) is 1.32. The summed E-state index contributed by atoms with van der Waals surface area (Å²) in [7, 11) is 0. The van der Waals surface area contributed by atoms with Crippen LogP contribution in [0, 0.1) is 5.41 Å². The number of fused-ring (bicyclic) bond motifs is 2. The third kappa shape index (κ3) is 4.12. The van der Waals surface area contributed by atoms with E-state index in [4.69, 9.17) is 0 Å². The van der Waals surface area contributed by atoms with Crippen molar-refractivity contribution in [3.05, 3.63) is 59.2 Å². The first-order valence-electron chi connectivity index (χ1n) is 10.7. The zero-order valence-electron chi connectivity index (χ0n) is 18.5. The Morgan fingerprint density at radius 2 is 1.84 bits per heavy atom. The van der Waals surface area contributed by atoms with Crippen LogP contribution in [-0.4, -0.2) is 30.2 Å². The normalized spacial score (nSPS) is 22.3. The van der Waals surface area contributed by atoms with Crippen LogP contribution in [0.5, 0.6) is 0 Å². The van der Waals surface area contributed by atoms with Gasteiger partial charge in [-0.3, -0.25) is 14.4 Å². The van der Waals surface area contributed by atoms with Crippen LogP contribution in [-0.2, 0) is 21.4 Å². The van der Waals surface area contributed by atoms with Crippen LogP contribution < -0.4 is 16.0 Å². The highest BCUT2D eigenvalue weighted by molar-refractivity contribution is 6.08. The van der Waals surface area contributed by atoms with E-state index in [0.717, 1.165) is 17.7 Å². The van der Waals surface area contributed by atoms with Crippen molar-refractivity contribution in [1.82, 2.24) is 5.32 Å². The van der Waals surface area contributed by atoms with Gasteiger partial charge in [0.1, 0.15) is 0 Å². The van der Waals surface area contributed by atoms with Gasteiger partial charge in [-0.25, -0.2) is 0 Å². The number of ketones is 1. The molecular weight excluding hydrogens is 390 g/mol. The van der Waals surface area contributed by atoms with Crippen molar-refractivity contribution in [3.63, 3.8) is 0 Å². The van der Waals surface area contributed by atoms with E-state index in [1.807, 2.05) is 6.07 Å². The standard InChI is InChI=1S/C25H29N3O3/c1-15(29)17-6-8-18(9-7-17)27-22(30)21-13-25(14-26-21)19-11-16(12-24(2,3)4)5-10-20(19)28-23(25)31/h5-11,21,26H,12-14H2,1-4H3,(H,27,30)(H,28,31). The summed E-state index contributed by atoms with van der Waals surface area (Å²) >= 11 is 0. The highest BCUT2D eigenvalue weighted by Gasteiger charge is 2.53. The fraction of sp³-hybridized carbons (Fsp3) is 0.400. The number of nitrogens with one attached hydrogen (secondary N) is 3. The molecule has 2 heterocycles. The van der Waals surface area contributed by atoms with E-state index < -0.39 is 11.5 Å². The first-order valence-corrected chi connectivity index (χ1v) is 10.7. The smallest absolute Gasteiger partial charge is 0.241 e. The second-order valence-electron chi connectivity index (χ2n) is 9.91. The minimum atomic E-state index is -0.732. The SMILES string of the molecule is CC(=O)c1ccc(NC(=O)C2CC3(CN2)C(=O)Nc2ccc(CC(C)(C)C)cc23)cc1. The Kier molecular flexibility index (Phi) is 5.21. The zero-order valence-corrected chi connectivity index (χ0v) is 18.5. The van der Waals surface area contributed by atoms with Crippen molar-refractivity contribution in [2.24, 2.45) is 5.41 Å². The van der Waals surface area contributed by atoms with Crippen LogP contribution in [0.15, 0.2) is 42.5 Å². The lowest BCUT2D eigenvalue weighted by Crippen LogP contribution is -2.36. The summed E-state index contributed by atoms with van der Waals surface area (Å²) in [4.78, 5) is 37.3. The Balaban J connectivity index is 1.52. The molecule has 4 rings (SSSR count). The molecule has 2 atom stereocenters. The fourth-order valence-corrected chi connectivity index (χ4v) is 4.55. The highest BCUT2D eigenvalue weighted by Crippen LogP contribution is 2.44. The summed E-state index contributed by atoms with van der Waals surface area (Å²) in [6.45, 7) is 8.51. The molecule has 1 fully saturated rings. The van der Waals surface area contributed by atoms with E-state index in [9.17, 15) is 14.4 Å². The van der Waals surface area contributed by atoms with Crippen molar-refractivity contribution < 1.29 is 14.4 Å². The number of carbonyl (C=O) groups excluding carboxylic acids is 3. The Hall–Kier alpha value is -2.99. The van der Waals surface area contributed by atoms with Crippen molar-refractivity contribution in [1.29, 1.82) is 0 Å². The van der Waals surface area contributed by atoms with Gasteiger partial charge in [0.05, 0.1) is 11.5 Å². The fourth-order valence-electron chi connectivity index (χ4n) is 4.55. The maximum atomic E-state index is 13.0. The molecule has 1 spiro atoms. The first-order chi connectivity index (χ1) is 14.6. The molecule has 1 saturated heterocycles. The van der Waals surface area contributed by atoms with Gasteiger partial charge < -0.3 is 16.0 Å². The third-order valence-electron chi connectivity index (χ3n) is 6.10. The molecule has 0 aromatic heterocycles. The first kappa shape index (κ1) is 21.2. The van der Waals surface area contributed by atoms with E-state index >= 15 is 0 Å². The van der Waals surface area contributed by atoms with Gasteiger partial charge in [0, 0.05) is 23.5 Å². The van der Waals surface area contributed by atoms with Gasteiger partial charge in [0.25, 0.3) is 0 Å². The van der Waals surface area contributed by atoms with E-state index in [2.05, 4.69) is 48.9 Å². The van der Waals surface area contributed by atoms with Crippen molar-refractivity contribution in [2.45, 2.75) is 52.0 Å². The van der Waals surface area contributed by atoms with Gasteiger partial charge in [-0.15, -0.1) is 0 Å². The molecule has 2 aliphatic heterocycles. The van der Waals surface area contributed by atoms with Gasteiger partial charge in [-0.1, -0.05) is 32.9 Å². The Morgan fingerprint density at radius 1 is 1.13 bits per heavy atom. The summed E-state index contributed by atoms with van der Waals surface area (Å²) in [6, 6.07) is 12.5. The average Bonchev–Trinajstić information content (AvgIpc) is 3.25. The monoisotopic (exact) mass is 419 g/mol. The molecule has 0 saturated carbocycles. The molecule has 2 amide bonds. The molecule has 0 bridgehead atoms. The van der Waals surface area contributed by atoms with Gasteiger partial charge in [0.2, 0.25) is 11.8 Å². The van der Waals surface area contributed by atoms with E-state index in [1.54, 1.807) is 24.3 Å². The third-order valence-corrected chi connectivity index (χ3v) is 6.10. The molecule has 2 aromatic carbocycles. The molecule has 2 unspecified atom stereocenters. The number of hydrogen-bond acceptors (Lipinski definition) is 4. The van der Waals surface area contributed by atoms with Crippen molar-refractivity contribution in [2.75, 3.05) is 17.2 Å². The predicted octanol–water partition coefficient (Wildman–Crippen LogP) is 3.67. The molecule has 6 nitrogen and oxygen atoms in total. The summed E-state index contributed by atoms with van der Waals surface area (Å²) in [5, 5.41) is 9.15. The molecule has 2 aromatic rings. The molecule has 3 N–H and O–H groups in total. The second-order valence-corrected chi connectivity index (χ2v) is 9.91. The number of amides is 2. The molecule has 2 aliphatic rings. The lowest BCUT2D eigenvalue weighted by atomic mass is 9.78. The predicted molar refractivity (Wildman–Crippen MR) is 121 cm³/mol. The Bertz CT molecular complexity index is 1050. The van der Waals surface area contributed by atoms with E-state index in [-0.39, 0.29) is 23.0 Å². The Labute approximate surface area is 182 Å². The maximum Gasteiger partial charge on any atom is 0.241 e. The maximum absolute atomic E-state index is 13.0. The van der Waals surface area contributed by atoms with Crippen molar-refractivity contribution >= 4 is 29.0 Å². The molecule has 6 heteroatoms. The van der Waals surface area contributed by atoms with Crippen LogP contribution in [0.1, 0.15) is 55.6 Å². The van der Waals surface area contributed by atoms with Crippen LogP contribution in [0.25, 0.3) is 0 Å². The number of benzene rings is 2. The van der Waals surface area contributed by atoms with Gasteiger partial charge in [-0.05, 0) is 66.6 Å². The molecule has 162 valence electrons. The number of anilines is 2. The lowest BCUT2D eigenvalue weighted by Gasteiger charge is -2.23. The lowest BCUT2D eigenvalue weighted by molar-refractivity contribution is -0.120. The molecule has 31 heavy (non-hydrogen) atoms. The molecule has 0 aliphatic carbocycles. The van der Waals surface area contributed by atoms with Gasteiger partial charge in [0.15, 0.2) is 5.78 Å². The van der Waals surface area contributed by atoms with Crippen LogP contribution in [0.2, 0.25) is 0 Å². The van der Waals surface area contributed by atoms with Crippen molar-refractivity contribution in [3.8, 4) is 0 Å². The highest BCUT2D eigenvalue weighted by atomic mass is 16.2. The summed E-state index contributed by atoms with van der Waals surface area (Å²) < 4.78 is 0. The quantitative estimate of drug-likeness (QED) is 0.660. The van der Waals surface area contributed by atoms with Crippen LogP contribution >= 0.6 is 0 Å². The zero-order chi connectivity index (χ0) is 22.4. The van der Waals surface area contributed by atoms with Gasteiger partial charge >= 0.3 is 0 Å². The minimum Gasteiger partial charge on any atom is -0.325 e. The number of hydrogen-bond donors (Lipinski definition) is 3. The van der Waals surface area contributed by atoms with E-state index in [0.29, 0.717) is 24.2 Å². The minimum absolute atomic E-state index is 0.0194. The Morgan fingerprint density at radius 3 is 2.48 bits per heavy atom. The molecule has 0 radical (unpaired) electrons. The second kappa shape index (κ2) is 7.61. The van der Waals surface area contributed by atoms with Gasteiger partial charge in [-0.2, -0.15) is 0 Å².